The third-order valence-electron chi connectivity index (χ3n) is 6.45. The first-order valence-electron chi connectivity index (χ1n) is 10.5. The minimum absolute atomic E-state index is 0. The van der Waals surface area contributed by atoms with Crippen molar-refractivity contribution in [2.45, 2.75) is 64.7 Å². The molecule has 0 radical (unpaired) electrons. The molecular formula is C20H40IN5O. The molecule has 0 aromatic carbocycles. The number of nitrogens with two attached hydrogens (primary N) is 1. The minimum Gasteiger partial charge on any atom is -0.369 e. The van der Waals surface area contributed by atoms with E-state index in [1.54, 1.807) is 0 Å². The van der Waals surface area contributed by atoms with Gasteiger partial charge in [0.2, 0.25) is 5.91 Å². The van der Waals surface area contributed by atoms with Crippen LogP contribution >= 0.6 is 24.0 Å². The van der Waals surface area contributed by atoms with Gasteiger partial charge < -0.3 is 21.3 Å². The Kier molecular flexibility index (Phi) is 11.6. The number of piperidine rings is 1. The predicted octanol–water partition coefficient (Wildman–Crippen LogP) is 2.72. The second-order valence-electron chi connectivity index (χ2n) is 8.14. The molecule has 0 bridgehead atoms. The Morgan fingerprint density at radius 1 is 1.19 bits per heavy atom. The van der Waals surface area contributed by atoms with Crippen LogP contribution in [0.1, 0.15) is 64.7 Å². The lowest BCUT2D eigenvalue weighted by molar-refractivity contribution is -0.123. The number of nitrogens with one attached hydrogen (secondary N) is 2. The Hall–Kier alpha value is -0.570. The highest BCUT2D eigenvalue weighted by molar-refractivity contribution is 14.0. The molecule has 4 N–H and O–H groups in total. The molecule has 2 rings (SSSR count). The first-order chi connectivity index (χ1) is 12.6. The molecule has 7 heteroatoms. The SMILES string of the molecule is CCC1(CNC(=NC)NCCCCN2CCC(C(N)=O)CC2)CCCC1.I. The number of unbranched alkanes of at least 4 members (excludes halogenated alkanes) is 1. The maximum Gasteiger partial charge on any atom is 0.220 e. The smallest absolute Gasteiger partial charge is 0.220 e. The highest BCUT2D eigenvalue weighted by Gasteiger charge is 2.31. The molecule has 0 unspecified atom stereocenters. The maximum atomic E-state index is 11.2. The monoisotopic (exact) mass is 493 g/mol. The Labute approximate surface area is 182 Å². The Balaban J connectivity index is 0.00000364. The normalized spacial score (nSPS) is 20.9. The molecule has 0 aromatic heterocycles. The molecule has 0 aromatic rings. The van der Waals surface area contributed by atoms with Gasteiger partial charge in [0.25, 0.3) is 0 Å². The van der Waals surface area contributed by atoms with Gasteiger partial charge in [0, 0.05) is 26.1 Å². The number of hydrogen-bond donors (Lipinski definition) is 3. The zero-order chi connectivity index (χ0) is 18.8. The second-order valence-corrected chi connectivity index (χ2v) is 8.14. The number of nitrogens with zero attached hydrogens (tertiary/aromatic N) is 2. The van der Waals surface area contributed by atoms with Crippen LogP contribution in [0.4, 0.5) is 0 Å². The molecule has 2 fully saturated rings. The molecule has 2 aliphatic rings. The molecule has 27 heavy (non-hydrogen) atoms. The van der Waals surface area contributed by atoms with Crippen molar-refractivity contribution in [2.75, 3.05) is 39.8 Å². The number of guanidine groups is 1. The Bertz CT molecular complexity index is 457. The van der Waals surface area contributed by atoms with Crippen LogP contribution in [0.3, 0.4) is 0 Å². The zero-order valence-electron chi connectivity index (χ0n) is 17.3. The molecule has 1 aliphatic heterocycles. The fourth-order valence-electron chi connectivity index (χ4n) is 4.38. The second kappa shape index (κ2) is 12.8. The highest BCUT2D eigenvalue weighted by atomic mass is 127. The van der Waals surface area contributed by atoms with Crippen molar-refractivity contribution in [2.24, 2.45) is 22.1 Å². The van der Waals surface area contributed by atoms with Crippen LogP contribution < -0.4 is 16.4 Å². The standard InChI is InChI=1S/C20H39N5O.HI/c1-3-20(10-4-5-11-20)16-24-19(22-2)23-12-6-7-13-25-14-8-17(9-15-25)18(21)26;/h17H,3-16H2,1-2H3,(H2,21,26)(H2,22,23,24);1H. The summed E-state index contributed by atoms with van der Waals surface area (Å²) in [7, 11) is 1.85. The Morgan fingerprint density at radius 3 is 2.41 bits per heavy atom. The molecule has 1 saturated carbocycles. The van der Waals surface area contributed by atoms with Gasteiger partial charge in [-0.2, -0.15) is 0 Å². The van der Waals surface area contributed by atoms with Crippen LogP contribution in [0.15, 0.2) is 4.99 Å². The van der Waals surface area contributed by atoms with Gasteiger partial charge in [-0.25, -0.2) is 0 Å². The van der Waals surface area contributed by atoms with Gasteiger partial charge in [0.15, 0.2) is 5.96 Å². The van der Waals surface area contributed by atoms with Crippen molar-refractivity contribution in [1.82, 2.24) is 15.5 Å². The van der Waals surface area contributed by atoms with Gasteiger partial charge in [-0.05, 0) is 70.0 Å². The molecule has 6 nitrogen and oxygen atoms in total. The van der Waals surface area contributed by atoms with E-state index in [0.717, 1.165) is 57.9 Å². The van der Waals surface area contributed by atoms with E-state index in [2.05, 4.69) is 27.4 Å². The van der Waals surface area contributed by atoms with E-state index < -0.39 is 0 Å². The summed E-state index contributed by atoms with van der Waals surface area (Å²) >= 11 is 0. The molecule has 1 heterocycles. The topological polar surface area (TPSA) is 82.8 Å². The number of halogens is 1. The molecule has 158 valence electrons. The van der Waals surface area contributed by atoms with E-state index in [9.17, 15) is 4.79 Å². The quantitative estimate of drug-likeness (QED) is 0.200. The number of hydrogen-bond acceptors (Lipinski definition) is 3. The van der Waals surface area contributed by atoms with Gasteiger partial charge in [-0.3, -0.25) is 9.79 Å². The molecule has 0 spiro atoms. The van der Waals surface area contributed by atoms with Crippen LogP contribution in [0.5, 0.6) is 0 Å². The zero-order valence-corrected chi connectivity index (χ0v) is 19.6. The summed E-state index contributed by atoms with van der Waals surface area (Å²) in [5, 5.41) is 7.00. The first kappa shape index (κ1) is 24.5. The highest BCUT2D eigenvalue weighted by Crippen LogP contribution is 2.40. The lowest BCUT2D eigenvalue weighted by Gasteiger charge is -2.30. The van der Waals surface area contributed by atoms with E-state index in [1.807, 2.05) is 7.05 Å². The third-order valence-corrected chi connectivity index (χ3v) is 6.45. The molecular weight excluding hydrogens is 453 g/mol. The van der Waals surface area contributed by atoms with Crippen molar-refractivity contribution in [3.8, 4) is 0 Å². The number of carbonyl (C=O) groups is 1. The van der Waals surface area contributed by atoms with Crippen molar-refractivity contribution in [1.29, 1.82) is 0 Å². The maximum absolute atomic E-state index is 11.2. The summed E-state index contributed by atoms with van der Waals surface area (Å²) in [4.78, 5) is 18.0. The Morgan fingerprint density at radius 2 is 1.85 bits per heavy atom. The van der Waals surface area contributed by atoms with Crippen molar-refractivity contribution >= 4 is 35.8 Å². The van der Waals surface area contributed by atoms with E-state index in [-0.39, 0.29) is 35.8 Å². The van der Waals surface area contributed by atoms with Crippen LogP contribution in [-0.4, -0.2) is 56.5 Å². The van der Waals surface area contributed by atoms with E-state index in [4.69, 9.17) is 5.73 Å². The summed E-state index contributed by atoms with van der Waals surface area (Å²) < 4.78 is 0. The first-order valence-corrected chi connectivity index (χ1v) is 10.5. The van der Waals surface area contributed by atoms with Crippen LogP contribution in [-0.2, 0) is 4.79 Å². The van der Waals surface area contributed by atoms with Gasteiger partial charge >= 0.3 is 0 Å². The van der Waals surface area contributed by atoms with Crippen LogP contribution in [0.25, 0.3) is 0 Å². The number of carbonyl (C=O) groups excluding carboxylic acids is 1. The van der Waals surface area contributed by atoms with Gasteiger partial charge in [-0.1, -0.05) is 19.8 Å². The number of amides is 1. The minimum atomic E-state index is -0.129. The lowest BCUT2D eigenvalue weighted by atomic mass is 9.83. The van der Waals surface area contributed by atoms with E-state index >= 15 is 0 Å². The summed E-state index contributed by atoms with van der Waals surface area (Å²) in [5.74, 6) is 0.899. The summed E-state index contributed by atoms with van der Waals surface area (Å²) in [6.45, 7) is 7.43. The molecule has 1 saturated heterocycles. The number of likely N-dealkylation sites (tertiary alicyclic amines) is 1. The summed E-state index contributed by atoms with van der Waals surface area (Å²) in [6, 6.07) is 0. The van der Waals surface area contributed by atoms with Crippen LogP contribution in [0.2, 0.25) is 0 Å². The van der Waals surface area contributed by atoms with Gasteiger partial charge in [-0.15, -0.1) is 24.0 Å². The van der Waals surface area contributed by atoms with Gasteiger partial charge in [0.05, 0.1) is 0 Å². The van der Waals surface area contributed by atoms with Crippen molar-refractivity contribution < 1.29 is 4.79 Å². The average molecular weight is 493 g/mol. The molecule has 1 aliphatic carbocycles. The van der Waals surface area contributed by atoms with Crippen molar-refractivity contribution in [3.05, 3.63) is 0 Å². The molecule has 0 atom stereocenters. The van der Waals surface area contributed by atoms with Crippen LogP contribution in [0, 0.1) is 11.3 Å². The summed E-state index contributed by atoms with van der Waals surface area (Å²) in [5.41, 5.74) is 5.87. The number of primary amides is 1. The predicted molar refractivity (Wildman–Crippen MR) is 124 cm³/mol. The lowest BCUT2D eigenvalue weighted by Crippen LogP contribution is -2.43. The number of rotatable bonds is 9. The largest absolute Gasteiger partial charge is 0.369 e. The van der Waals surface area contributed by atoms with E-state index in [1.165, 1.54) is 38.5 Å². The third kappa shape index (κ3) is 8.13. The average Bonchev–Trinajstić information content (AvgIpc) is 3.14. The summed E-state index contributed by atoms with van der Waals surface area (Å²) in [6.07, 6.45) is 10.8. The number of aliphatic imine (C=N–C) groups is 1. The molecule has 1 amide bonds. The fraction of sp³-hybridized carbons (Fsp3) is 0.900. The van der Waals surface area contributed by atoms with Gasteiger partial charge in [0.1, 0.15) is 0 Å². The van der Waals surface area contributed by atoms with Crippen molar-refractivity contribution in [3.63, 3.8) is 0 Å². The fourth-order valence-corrected chi connectivity index (χ4v) is 4.38. The van der Waals surface area contributed by atoms with E-state index in [0.29, 0.717) is 5.41 Å².